The first-order chi connectivity index (χ1) is 9.67. The van der Waals surface area contributed by atoms with E-state index in [1.807, 2.05) is 0 Å². The van der Waals surface area contributed by atoms with Gasteiger partial charge in [0.1, 0.15) is 0 Å². The SMILES string of the molecule is Cc1ccc([C@@H](C)NC2CCOC3(CCCC3)C2)cc1. The Kier molecular flexibility index (Phi) is 4.13. The first-order valence-electron chi connectivity index (χ1n) is 8.13. The minimum Gasteiger partial charge on any atom is -0.375 e. The quantitative estimate of drug-likeness (QED) is 0.893. The van der Waals surface area contributed by atoms with Crippen LogP contribution in [0.3, 0.4) is 0 Å². The molecule has 20 heavy (non-hydrogen) atoms. The van der Waals surface area contributed by atoms with E-state index < -0.39 is 0 Å². The van der Waals surface area contributed by atoms with Gasteiger partial charge in [0.15, 0.2) is 0 Å². The predicted octanol–water partition coefficient (Wildman–Crippen LogP) is 4.14. The van der Waals surface area contributed by atoms with Crippen LogP contribution in [0.2, 0.25) is 0 Å². The molecule has 1 saturated heterocycles. The Balaban J connectivity index is 1.60. The molecule has 1 aliphatic carbocycles. The van der Waals surface area contributed by atoms with Crippen molar-refractivity contribution in [3.8, 4) is 0 Å². The molecule has 1 N–H and O–H groups in total. The normalized spacial score (nSPS) is 26.8. The van der Waals surface area contributed by atoms with Gasteiger partial charge in [0.2, 0.25) is 0 Å². The van der Waals surface area contributed by atoms with Crippen LogP contribution in [0.25, 0.3) is 0 Å². The van der Waals surface area contributed by atoms with Gasteiger partial charge in [-0.1, -0.05) is 42.7 Å². The zero-order chi connectivity index (χ0) is 14.0. The second kappa shape index (κ2) is 5.87. The molecule has 0 bridgehead atoms. The molecule has 110 valence electrons. The van der Waals surface area contributed by atoms with Crippen LogP contribution in [-0.4, -0.2) is 18.2 Å². The Morgan fingerprint density at radius 3 is 2.60 bits per heavy atom. The standard InChI is InChI=1S/C18H27NO/c1-14-5-7-16(8-6-14)15(2)19-17-9-12-20-18(13-17)10-3-4-11-18/h5-8,15,17,19H,3-4,9-13H2,1-2H3/t15-,17?/m1/s1. The number of aryl methyl sites for hydroxylation is 1. The van der Waals surface area contributed by atoms with Crippen LogP contribution < -0.4 is 5.32 Å². The lowest BCUT2D eigenvalue weighted by Crippen LogP contribution is -2.46. The van der Waals surface area contributed by atoms with Crippen LogP contribution in [0.5, 0.6) is 0 Å². The Morgan fingerprint density at radius 1 is 1.20 bits per heavy atom. The Morgan fingerprint density at radius 2 is 1.90 bits per heavy atom. The third-order valence-corrected chi connectivity index (χ3v) is 5.07. The molecule has 0 amide bonds. The highest BCUT2D eigenvalue weighted by molar-refractivity contribution is 5.23. The minimum atomic E-state index is 0.211. The van der Waals surface area contributed by atoms with Gasteiger partial charge in [-0.2, -0.15) is 0 Å². The number of benzene rings is 1. The zero-order valence-corrected chi connectivity index (χ0v) is 12.8. The van der Waals surface area contributed by atoms with Crippen molar-refractivity contribution in [1.29, 1.82) is 0 Å². The van der Waals surface area contributed by atoms with Gasteiger partial charge in [-0.05, 0) is 45.1 Å². The van der Waals surface area contributed by atoms with E-state index >= 15 is 0 Å². The van der Waals surface area contributed by atoms with Crippen molar-refractivity contribution >= 4 is 0 Å². The van der Waals surface area contributed by atoms with Crippen molar-refractivity contribution in [2.24, 2.45) is 0 Å². The fourth-order valence-corrected chi connectivity index (χ4v) is 3.84. The number of nitrogens with one attached hydrogen (secondary N) is 1. The van der Waals surface area contributed by atoms with Crippen molar-refractivity contribution in [3.63, 3.8) is 0 Å². The summed E-state index contributed by atoms with van der Waals surface area (Å²) >= 11 is 0. The summed E-state index contributed by atoms with van der Waals surface area (Å²) in [4.78, 5) is 0. The fraction of sp³-hybridized carbons (Fsp3) is 0.667. The summed E-state index contributed by atoms with van der Waals surface area (Å²) in [7, 11) is 0. The van der Waals surface area contributed by atoms with Crippen LogP contribution in [-0.2, 0) is 4.74 Å². The summed E-state index contributed by atoms with van der Waals surface area (Å²) < 4.78 is 6.12. The second-order valence-corrected chi connectivity index (χ2v) is 6.73. The van der Waals surface area contributed by atoms with E-state index in [0.29, 0.717) is 12.1 Å². The number of ether oxygens (including phenoxy) is 1. The molecule has 2 heteroatoms. The molecular weight excluding hydrogens is 246 g/mol. The lowest BCUT2D eigenvalue weighted by Gasteiger charge is -2.39. The van der Waals surface area contributed by atoms with Crippen molar-refractivity contribution in [1.82, 2.24) is 5.32 Å². The van der Waals surface area contributed by atoms with Gasteiger partial charge in [0.05, 0.1) is 5.60 Å². The van der Waals surface area contributed by atoms with Crippen molar-refractivity contribution < 1.29 is 4.74 Å². The molecule has 1 unspecified atom stereocenters. The molecule has 1 spiro atoms. The monoisotopic (exact) mass is 273 g/mol. The van der Waals surface area contributed by atoms with E-state index in [1.165, 1.54) is 43.2 Å². The van der Waals surface area contributed by atoms with Crippen LogP contribution in [0, 0.1) is 6.92 Å². The van der Waals surface area contributed by atoms with Crippen molar-refractivity contribution in [2.45, 2.75) is 70.1 Å². The predicted molar refractivity (Wildman–Crippen MR) is 82.9 cm³/mol. The summed E-state index contributed by atoms with van der Waals surface area (Å²) in [5.41, 5.74) is 2.93. The maximum absolute atomic E-state index is 6.12. The molecule has 2 fully saturated rings. The van der Waals surface area contributed by atoms with E-state index in [-0.39, 0.29) is 5.60 Å². The lowest BCUT2D eigenvalue weighted by atomic mass is 9.88. The van der Waals surface area contributed by atoms with E-state index in [2.05, 4.69) is 43.4 Å². The highest BCUT2D eigenvalue weighted by Crippen LogP contribution is 2.40. The van der Waals surface area contributed by atoms with E-state index in [0.717, 1.165) is 13.0 Å². The van der Waals surface area contributed by atoms with Gasteiger partial charge < -0.3 is 10.1 Å². The van der Waals surface area contributed by atoms with Gasteiger partial charge >= 0.3 is 0 Å². The maximum atomic E-state index is 6.12. The molecule has 2 atom stereocenters. The highest BCUT2D eigenvalue weighted by atomic mass is 16.5. The molecular formula is C18H27NO. The maximum Gasteiger partial charge on any atom is 0.0697 e. The van der Waals surface area contributed by atoms with E-state index in [1.54, 1.807) is 0 Å². The zero-order valence-electron chi connectivity index (χ0n) is 12.8. The third-order valence-electron chi connectivity index (χ3n) is 5.07. The Hall–Kier alpha value is -0.860. The van der Waals surface area contributed by atoms with Gasteiger partial charge in [-0.3, -0.25) is 0 Å². The first kappa shape index (κ1) is 14.1. The average Bonchev–Trinajstić information content (AvgIpc) is 2.87. The van der Waals surface area contributed by atoms with Crippen molar-refractivity contribution in [2.75, 3.05) is 6.61 Å². The summed E-state index contributed by atoms with van der Waals surface area (Å²) in [6, 6.07) is 9.94. The van der Waals surface area contributed by atoms with Crippen LogP contribution in [0.4, 0.5) is 0 Å². The molecule has 1 saturated carbocycles. The molecule has 1 aromatic carbocycles. The van der Waals surface area contributed by atoms with Crippen LogP contribution in [0.1, 0.15) is 62.6 Å². The summed E-state index contributed by atoms with van der Waals surface area (Å²) in [6.45, 7) is 5.35. The molecule has 1 heterocycles. The van der Waals surface area contributed by atoms with Crippen molar-refractivity contribution in [3.05, 3.63) is 35.4 Å². The molecule has 1 aromatic rings. The van der Waals surface area contributed by atoms with Gasteiger partial charge in [0.25, 0.3) is 0 Å². The Labute approximate surface area is 122 Å². The lowest BCUT2D eigenvalue weighted by molar-refractivity contribution is -0.0846. The Bertz CT molecular complexity index is 433. The molecule has 0 aromatic heterocycles. The highest BCUT2D eigenvalue weighted by Gasteiger charge is 2.40. The van der Waals surface area contributed by atoms with Crippen LogP contribution >= 0.6 is 0 Å². The number of hydrogen-bond acceptors (Lipinski definition) is 2. The molecule has 2 nitrogen and oxygen atoms in total. The summed E-state index contributed by atoms with van der Waals surface area (Å²) in [5.74, 6) is 0. The van der Waals surface area contributed by atoms with Gasteiger partial charge in [-0.25, -0.2) is 0 Å². The molecule has 1 aliphatic heterocycles. The van der Waals surface area contributed by atoms with Gasteiger partial charge in [0, 0.05) is 18.7 Å². The van der Waals surface area contributed by atoms with E-state index in [9.17, 15) is 0 Å². The number of rotatable bonds is 3. The average molecular weight is 273 g/mol. The topological polar surface area (TPSA) is 21.3 Å². The third kappa shape index (κ3) is 3.07. The van der Waals surface area contributed by atoms with E-state index in [4.69, 9.17) is 4.74 Å². The fourth-order valence-electron chi connectivity index (χ4n) is 3.84. The molecule has 0 radical (unpaired) electrons. The summed E-state index contributed by atoms with van der Waals surface area (Å²) in [5, 5.41) is 3.83. The van der Waals surface area contributed by atoms with Gasteiger partial charge in [-0.15, -0.1) is 0 Å². The molecule has 2 aliphatic rings. The second-order valence-electron chi connectivity index (χ2n) is 6.73. The smallest absolute Gasteiger partial charge is 0.0697 e. The molecule has 3 rings (SSSR count). The van der Waals surface area contributed by atoms with Crippen LogP contribution in [0.15, 0.2) is 24.3 Å². The largest absolute Gasteiger partial charge is 0.375 e. The minimum absolute atomic E-state index is 0.211. The first-order valence-corrected chi connectivity index (χ1v) is 8.13. The number of hydrogen-bond donors (Lipinski definition) is 1. The summed E-state index contributed by atoms with van der Waals surface area (Å²) in [6.07, 6.45) is 7.58.